The lowest BCUT2D eigenvalue weighted by Gasteiger charge is -2.19. The standard InChI is InChI=1S/C13H12N2O2/c1-8(2)10-7-14-15-11-6-13-12(5-9(10)11)16-3-4-17-13/h5-7H,1,3-4H2,2H3. The lowest BCUT2D eigenvalue weighted by molar-refractivity contribution is 0.172. The summed E-state index contributed by atoms with van der Waals surface area (Å²) in [5.74, 6) is 1.50. The summed E-state index contributed by atoms with van der Waals surface area (Å²) in [6.07, 6.45) is 1.72. The molecule has 4 nitrogen and oxygen atoms in total. The van der Waals surface area contributed by atoms with Gasteiger partial charge in [0, 0.05) is 17.0 Å². The van der Waals surface area contributed by atoms with E-state index in [0.717, 1.165) is 33.5 Å². The smallest absolute Gasteiger partial charge is 0.163 e. The molecule has 1 aliphatic rings. The molecule has 1 aliphatic heterocycles. The fourth-order valence-electron chi connectivity index (χ4n) is 1.93. The summed E-state index contributed by atoms with van der Waals surface area (Å²) in [6, 6.07) is 3.81. The molecule has 4 heteroatoms. The molecule has 0 bridgehead atoms. The molecule has 0 N–H and O–H groups in total. The van der Waals surface area contributed by atoms with Crippen LogP contribution in [-0.2, 0) is 0 Å². The second-order valence-electron chi connectivity index (χ2n) is 4.05. The van der Waals surface area contributed by atoms with Gasteiger partial charge in [-0.25, -0.2) is 0 Å². The Bertz CT molecular complexity index is 608. The summed E-state index contributed by atoms with van der Waals surface area (Å²) in [6.45, 7) is 7.06. The number of benzene rings is 1. The van der Waals surface area contributed by atoms with Gasteiger partial charge in [-0.2, -0.15) is 10.2 Å². The largest absolute Gasteiger partial charge is 0.486 e. The number of hydrogen-bond acceptors (Lipinski definition) is 4. The van der Waals surface area contributed by atoms with Gasteiger partial charge in [-0.1, -0.05) is 6.58 Å². The van der Waals surface area contributed by atoms with Crippen molar-refractivity contribution in [2.45, 2.75) is 6.92 Å². The van der Waals surface area contributed by atoms with Crippen molar-refractivity contribution in [1.29, 1.82) is 0 Å². The van der Waals surface area contributed by atoms with Crippen LogP contribution in [-0.4, -0.2) is 23.4 Å². The molecule has 0 unspecified atom stereocenters. The predicted molar refractivity (Wildman–Crippen MR) is 65.2 cm³/mol. The third kappa shape index (κ3) is 1.62. The normalized spacial score (nSPS) is 13.7. The molecule has 3 rings (SSSR count). The zero-order chi connectivity index (χ0) is 11.8. The number of allylic oxidation sites excluding steroid dienone is 1. The zero-order valence-electron chi connectivity index (χ0n) is 9.56. The lowest BCUT2D eigenvalue weighted by atomic mass is 10.0. The monoisotopic (exact) mass is 228 g/mol. The molecule has 2 aromatic rings. The number of aromatic nitrogens is 2. The zero-order valence-corrected chi connectivity index (χ0v) is 9.56. The lowest BCUT2D eigenvalue weighted by Crippen LogP contribution is -2.15. The van der Waals surface area contributed by atoms with Crippen LogP contribution in [0.5, 0.6) is 11.5 Å². The molecule has 2 heterocycles. The quantitative estimate of drug-likeness (QED) is 0.752. The third-order valence-corrected chi connectivity index (χ3v) is 2.76. The number of fused-ring (bicyclic) bond motifs is 2. The van der Waals surface area contributed by atoms with E-state index in [1.165, 1.54) is 0 Å². The maximum absolute atomic E-state index is 5.56. The van der Waals surface area contributed by atoms with E-state index in [4.69, 9.17) is 9.47 Å². The molecular weight excluding hydrogens is 216 g/mol. The van der Waals surface area contributed by atoms with Gasteiger partial charge in [-0.15, -0.1) is 0 Å². The maximum atomic E-state index is 5.56. The topological polar surface area (TPSA) is 44.2 Å². The van der Waals surface area contributed by atoms with Gasteiger partial charge in [-0.05, 0) is 18.6 Å². The Kier molecular flexibility index (Phi) is 2.21. The molecule has 0 aliphatic carbocycles. The molecule has 86 valence electrons. The molecule has 0 saturated carbocycles. The van der Waals surface area contributed by atoms with Crippen molar-refractivity contribution < 1.29 is 9.47 Å². The van der Waals surface area contributed by atoms with Crippen molar-refractivity contribution >= 4 is 16.5 Å². The summed E-state index contributed by atoms with van der Waals surface area (Å²) in [4.78, 5) is 0. The van der Waals surface area contributed by atoms with Crippen LogP contribution in [0.3, 0.4) is 0 Å². The Balaban J connectivity index is 2.30. The van der Waals surface area contributed by atoms with Gasteiger partial charge >= 0.3 is 0 Å². The van der Waals surface area contributed by atoms with Crippen molar-refractivity contribution in [3.05, 3.63) is 30.5 Å². The van der Waals surface area contributed by atoms with Gasteiger partial charge in [0.1, 0.15) is 13.2 Å². The fourth-order valence-corrected chi connectivity index (χ4v) is 1.93. The summed E-state index contributed by atoms with van der Waals surface area (Å²) in [5.41, 5.74) is 2.75. The first-order chi connectivity index (χ1) is 8.25. The van der Waals surface area contributed by atoms with Crippen molar-refractivity contribution in [1.82, 2.24) is 10.2 Å². The van der Waals surface area contributed by atoms with Crippen LogP contribution in [0.4, 0.5) is 0 Å². The van der Waals surface area contributed by atoms with E-state index in [9.17, 15) is 0 Å². The van der Waals surface area contributed by atoms with Gasteiger partial charge in [0.05, 0.1) is 11.7 Å². The van der Waals surface area contributed by atoms with Crippen LogP contribution >= 0.6 is 0 Å². The van der Waals surface area contributed by atoms with Crippen molar-refractivity contribution in [2.24, 2.45) is 0 Å². The average molecular weight is 228 g/mol. The molecule has 1 aromatic heterocycles. The summed E-state index contributed by atoms with van der Waals surface area (Å²) < 4.78 is 11.1. The van der Waals surface area contributed by atoms with Crippen LogP contribution in [0, 0.1) is 0 Å². The maximum Gasteiger partial charge on any atom is 0.163 e. The van der Waals surface area contributed by atoms with E-state index in [-0.39, 0.29) is 0 Å². The van der Waals surface area contributed by atoms with E-state index >= 15 is 0 Å². The minimum absolute atomic E-state index is 0.576. The molecule has 0 fully saturated rings. The number of nitrogens with zero attached hydrogens (tertiary/aromatic N) is 2. The highest BCUT2D eigenvalue weighted by Crippen LogP contribution is 2.35. The Labute approximate surface area is 98.9 Å². The van der Waals surface area contributed by atoms with Crippen molar-refractivity contribution in [3.63, 3.8) is 0 Å². The predicted octanol–water partition coefficient (Wildman–Crippen LogP) is 2.43. The van der Waals surface area contributed by atoms with Crippen molar-refractivity contribution in [2.75, 3.05) is 13.2 Å². The van der Waals surface area contributed by atoms with E-state index in [1.807, 2.05) is 19.1 Å². The summed E-state index contributed by atoms with van der Waals surface area (Å²) in [5, 5.41) is 9.08. The average Bonchev–Trinajstić information content (AvgIpc) is 2.35. The molecular formula is C13H12N2O2. The van der Waals surface area contributed by atoms with Gasteiger partial charge < -0.3 is 9.47 Å². The third-order valence-electron chi connectivity index (χ3n) is 2.76. The van der Waals surface area contributed by atoms with E-state index in [1.54, 1.807) is 6.20 Å². The molecule has 0 atom stereocenters. The minimum atomic E-state index is 0.576. The summed E-state index contributed by atoms with van der Waals surface area (Å²) in [7, 11) is 0. The van der Waals surface area contributed by atoms with Crippen LogP contribution in [0.15, 0.2) is 24.9 Å². The molecule has 0 radical (unpaired) electrons. The highest BCUT2D eigenvalue weighted by molar-refractivity contribution is 5.92. The van der Waals surface area contributed by atoms with E-state index in [0.29, 0.717) is 13.2 Å². The van der Waals surface area contributed by atoms with E-state index in [2.05, 4.69) is 16.8 Å². The molecule has 17 heavy (non-hydrogen) atoms. The number of rotatable bonds is 1. The van der Waals surface area contributed by atoms with Gasteiger partial charge in [0.15, 0.2) is 11.5 Å². The molecule has 0 amide bonds. The highest BCUT2D eigenvalue weighted by Gasteiger charge is 2.15. The Hall–Kier alpha value is -2.10. The Morgan fingerprint density at radius 2 is 1.94 bits per heavy atom. The van der Waals surface area contributed by atoms with Crippen LogP contribution < -0.4 is 9.47 Å². The fraction of sp³-hybridized carbons (Fsp3) is 0.231. The summed E-state index contributed by atoms with van der Waals surface area (Å²) >= 11 is 0. The molecule has 1 aromatic carbocycles. The highest BCUT2D eigenvalue weighted by atomic mass is 16.6. The number of hydrogen-bond donors (Lipinski definition) is 0. The van der Waals surface area contributed by atoms with Crippen molar-refractivity contribution in [3.8, 4) is 11.5 Å². The molecule has 0 saturated heterocycles. The number of ether oxygens (including phenoxy) is 2. The first kappa shape index (κ1) is 10.1. The van der Waals surface area contributed by atoms with Gasteiger partial charge in [0.25, 0.3) is 0 Å². The SMILES string of the molecule is C=C(C)c1cnnc2cc3c(cc12)OCCO3. The van der Waals surface area contributed by atoms with Crippen LogP contribution in [0.2, 0.25) is 0 Å². The van der Waals surface area contributed by atoms with Crippen LogP contribution in [0.25, 0.3) is 16.5 Å². The Morgan fingerprint density at radius 3 is 2.65 bits per heavy atom. The first-order valence-corrected chi connectivity index (χ1v) is 5.46. The van der Waals surface area contributed by atoms with Crippen LogP contribution in [0.1, 0.15) is 12.5 Å². The second kappa shape index (κ2) is 3.73. The van der Waals surface area contributed by atoms with Gasteiger partial charge in [0.2, 0.25) is 0 Å². The minimum Gasteiger partial charge on any atom is -0.486 e. The van der Waals surface area contributed by atoms with Gasteiger partial charge in [-0.3, -0.25) is 0 Å². The molecule has 0 spiro atoms. The second-order valence-corrected chi connectivity index (χ2v) is 4.05. The Morgan fingerprint density at radius 1 is 1.24 bits per heavy atom. The first-order valence-electron chi connectivity index (χ1n) is 5.46. The van der Waals surface area contributed by atoms with E-state index < -0.39 is 0 Å².